The molecule has 0 aromatic heterocycles. The maximum absolute atomic E-state index is 12.9. The van der Waals surface area contributed by atoms with Gasteiger partial charge in [-0.05, 0) is 31.1 Å². The normalized spacial score (nSPS) is 12.5. The minimum atomic E-state index is -0.763. The van der Waals surface area contributed by atoms with E-state index in [-0.39, 0.29) is 31.1 Å². The summed E-state index contributed by atoms with van der Waals surface area (Å²) in [5, 5.41) is 0. The Balaban J connectivity index is 4.30. The van der Waals surface area contributed by atoms with Gasteiger partial charge in [-0.15, -0.1) is 0 Å². The molecule has 0 rings (SSSR count). The van der Waals surface area contributed by atoms with Crippen LogP contribution >= 0.6 is 0 Å². The molecule has 0 N–H and O–H groups in total. The minimum Gasteiger partial charge on any atom is -0.462 e. The first-order valence-electron chi connectivity index (χ1n) is 28.8. The van der Waals surface area contributed by atoms with E-state index < -0.39 is 6.10 Å². The van der Waals surface area contributed by atoms with Crippen LogP contribution in [0.15, 0.2) is 0 Å². The summed E-state index contributed by atoms with van der Waals surface area (Å²) < 4.78 is 16.9. The molecule has 0 aromatic rings. The van der Waals surface area contributed by atoms with Gasteiger partial charge in [0.1, 0.15) is 13.2 Å². The Bertz CT molecular complexity index is 980. The first-order valence-corrected chi connectivity index (χ1v) is 28.8. The standard InChI is InChI=1S/C58H112O6/c1-6-8-9-10-11-12-13-14-15-16-17-18-19-22-30-35-40-45-50-58(61)64-55(51-62-56(59)48-43-38-33-28-23-20-21-26-31-36-41-46-53(3)4)52-63-57(60)49-44-39-34-29-25-24-27-32-37-42-47-54(5)7-2/h53-55H,6-52H2,1-5H3/t54?,55-/m0/s1. The lowest BCUT2D eigenvalue weighted by Gasteiger charge is -2.18. The van der Waals surface area contributed by atoms with E-state index in [1.165, 1.54) is 212 Å². The summed E-state index contributed by atoms with van der Waals surface area (Å²) in [6, 6.07) is 0. The predicted octanol–water partition coefficient (Wildman–Crippen LogP) is 18.9. The maximum atomic E-state index is 12.9. The molecule has 0 fully saturated rings. The van der Waals surface area contributed by atoms with Crippen molar-refractivity contribution >= 4 is 17.9 Å². The lowest BCUT2D eigenvalue weighted by molar-refractivity contribution is -0.167. The number of hydrogen-bond donors (Lipinski definition) is 0. The molecular weight excluding hydrogens is 793 g/mol. The van der Waals surface area contributed by atoms with Crippen molar-refractivity contribution in [1.82, 2.24) is 0 Å². The van der Waals surface area contributed by atoms with Gasteiger partial charge in [0.25, 0.3) is 0 Å². The predicted molar refractivity (Wildman–Crippen MR) is 275 cm³/mol. The van der Waals surface area contributed by atoms with Crippen molar-refractivity contribution < 1.29 is 28.6 Å². The van der Waals surface area contributed by atoms with Crippen LogP contribution in [0.25, 0.3) is 0 Å². The van der Waals surface area contributed by atoms with Crippen molar-refractivity contribution in [1.29, 1.82) is 0 Å². The molecule has 0 amide bonds. The van der Waals surface area contributed by atoms with Crippen LogP contribution in [0.2, 0.25) is 0 Å². The van der Waals surface area contributed by atoms with Crippen LogP contribution in [0, 0.1) is 11.8 Å². The van der Waals surface area contributed by atoms with Crippen LogP contribution in [0.3, 0.4) is 0 Å². The second-order valence-corrected chi connectivity index (χ2v) is 20.6. The van der Waals surface area contributed by atoms with E-state index in [4.69, 9.17) is 14.2 Å². The summed E-state index contributed by atoms with van der Waals surface area (Å²) in [5.74, 6) is 0.855. The Hall–Kier alpha value is -1.59. The first kappa shape index (κ1) is 62.4. The van der Waals surface area contributed by atoms with E-state index in [9.17, 15) is 14.4 Å². The third kappa shape index (κ3) is 49.8. The van der Waals surface area contributed by atoms with E-state index in [0.717, 1.165) is 69.6 Å². The molecule has 0 spiro atoms. The molecule has 6 nitrogen and oxygen atoms in total. The lowest BCUT2D eigenvalue weighted by Crippen LogP contribution is -2.30. The molecule has 0 aliphatic heterocycles. The van der Waals surface area contributed by atoms with Crippen molar-refractivity contribution in [3.63, 3.8) is 0 Å². The fourth-order valence-corrected chi connectivity index (χ4v) is 8.84. The number of unbranched alkanes of at least 4 members (excludes halogenated alkanes) is 36. The summed E-state index contributed by atoms with van der Waals surface area (Å²) in [4.78, 5) is 38.1. The SMILES string of the molecule is CCCCCCCCCCCCCCCCCCCCC(=O)O[C@@H](COC(=O)CCCCCCCCCCCCCC(C)C)COC(=O)CCCCCCCCCCCCC(C)CC. The van der Waals surface area contributed by atoms with Crippen LogP contribution in [-0.4, -0.2) is 37.2 Å². The van der Waals surface area contributed by atoms with Crippen LogP contribution < -0.4 is 0 Å². The molecule has 0 aromatic carbocycles. The monoisotopic (exact) mass is 905 g/mol. The number of rotatable bonds is 52. The Labute approximate surface area is 399 Å². The Morgan fingerprint density at radius 3 is 0.891 bits per heavy atom. The van der Waals surface area contributed by atoms with Gasteiger partial charge in [-0.2, -0.15) is 0 Å². The van der Waals surface area contributed by atoms with E-state index in [1.54, 1.807) is 0 Å². The number of hydrogen-bond acceptors (Lipinski definition) is 6. The van der Waals surface area contributed by atoms with Crippen molar-refractivity contribution in [2.75, 3.05) is 13.2 Å². The van der Waals surface area contributed by atoms with Crippen molar-refractivity contribution in [2.24, 2.45) is 11.8 Å². The summed E-state index contributed by atoms with van der Waals surface area (Å²) in [7, 11) is 0. The molecule has 0 saturated carbocycles. The van der Waals surface area contributed by atoms with Gasteiger partial charge in [-0.1, -0.05) is 285 Å². The van der Waals surface area contributed by atoms with E-state index in [2.05, 4.69) is 34.6 Å². The molecule has 0 bridgehead atoms. The number of esters is 3. The van der Waals surface area contributed by atoms with E-state index in [1.807, 2.05) is 0 Å². The minimum absolute atomic E-state index is 0.0632. The Kier molecular flexibility index (Phi) is 49.6. The molecule has 380 valence electrons. The molecule has 0 heterocycles. The molecule has 6 heteroatoms. The third-order valence-electron chi connectivity index (χ3n) is 13.6. The Morgan fingerprint density at radius 2 is 0.594 bits per heavy atom. The zero-order valence-corrected chi connectivity index (χ0v) is 43.9. The zero-order valence-electron chi connectivity index (χ0n) is 43.9. The molecule has 0 aliphatic carbocycles. The van der Waals surface area contributed by atoms with Gasteiger partial charge in [0, 0.05) is 19.3 Å². The van der Waals surface area contributed by atoms with Gasteiger partial charge in [0.2, 0.25) is 0 Å². The van der Waals surface area contributed by atoms with Gasteiger partial charge in [0.15, 0.2) is 6.10 Å². The summed E-state index contributed by atoms with van der Waals surface area (Å²) in [6.45, 7) is 11.4. The molecule has 64 heavy (non-hydrogen) atoms. The molecule has 0 radical (unpaired) electrons. The van der Waals surface area contributed by atoms with E-state index in [0.29, 0.717) is 19.3 Å². The summed E-state index contributed by atoms with van der Waals surface area (Å²) in [5.41, 5.74) is 0. The van der Waals surface area contributed by atoms with Gasteiger partial charge >= 0.3 is 17.9 Å². The fourth-order valence-electron chi connectivity index (χ4n) is 8.84. The highest BCUT2D eigenvalue weighted by Crippen LogP contribution is 2.18. The van der Waals surface area contributed by atoms with Crippen molar-refractivity contribution in [3.8, 4) is 0 Å². The highest BCUT2D eigenvalue weighted by atomic mass is 16.6. The lowest BCUT2D eigenvalue weighted by atomic mass is 9.99. The van der Waals surface area contributed by atoms with Crippen LogP contribution in [0.4, 0.5) is 0 Å². The molecule has 0 aliphatic rings. The second kappa shape index (κ2) is 50.8. The molecule has 2 atom stereocenters. The molecule has 1 unspecified atom stereocenters. The Morgan fingerprint density at radius 1 is 0.328 bits per heavy atom. The molecular formula is C58H112O6. The second-order valence-electron chi connectivity index (χ2n) is 20.6. The van der Waals surface area contributed by atoms with Crippen LogP contribution in [0.1, 0.15) is 324 Å². The number of ether oxygens (including phenoxy) is 3. The van der Waals surface area contributed by atoms with Crippen LogP contribution in [0.5, 0.6) is 0 Å². The quantitative estimate of drug-likeness (QED) is 0.0344. The smallest absolute Gasteiger partial charge is 0.306 e. The summed E-state index contributed by atoms with van der Waals surface area (Å²) in [6.07, 6.45) is 53.7. The average Bonchev–Trinajstić information content (AvgIpc) is 3.28. The highest BCUT2D eigenvalue weighted by molar-refractivity contribution is 5.71. The van der Waals surface area contributed by atoms with Crippen LogP contribution in [-0.2, 0) is 28.6 Å². The van der Waals surface area contributed by atoms with Gasteiger partial charge < -0.3 is 14.2 Å². The van der Waals surface area contributed by atoms with Gasteiger partial charge in [-0.25, -0.2) is 0 Å². The molecule has 0 saturated heterocycles. The largest absolute Gasteiger partial charge is 0.462 e. The fraction of sp³-hybridized carbons (Fsp3) is 0.948. The zero-order chi connectivity index (χ0) is 46.8. The summed E-state index contributed by atoms with van der Waals surface area (Å²) >= 11 is 0. The highest BCUT2D eigenvalue weighted by Gasteiger charge is 2.19. The topological polar surface area (TPSA) is 78.9 Å². The average molecular weight is 906 g/mol. The third-order valence-corrected chi connectivity index (χ3v) is 13.6. The number of carbonyl (C=O) groups is 3. The maximum Gasteiger partial charge on any atom is 0.306 e. The number of carbonyl (C=O) groups excluding carboxylic acids is 3. The van der Waals surface area contributed by atoms with Crippen molar-refractivity contribution in [2.45, 2.75) is 330 Å². The van der Waals surface area contributed by atoms with E-state index >= 15 is 0 Å². The van der Waals surface area contributed by atoms with Gasteiger partial charge in [-0.3, -0.25) is 14.4 Å². The first-order chi connectivity index (χ1) is 31.3. The van der Waals surface area contributed by atoms with Crippen molar-refractivity contribution in [3.05, 3.63) is 0 Å². The van der Waals surface area contributed by atoms with Gasteiger partial charge in [0.05, 0.1) is 0 Å².